The van der Waals surface area contributed by atoms with Crippen molar-refractivity contribution in [2.45, 2.75) is 52.0 Å². The van der Waals surface area contributed by atoms with Gasteiger partial charge >= 0.3 is 17.6 Å². The van der Waals surface area contributed by atoms with Gasteiger partial charge in [0.15, 0.2) is 23.9 Å². The van der Waals surface area contributed by atoms with Crippen molar-refractivity contribution in [3.05, 3.63) is 27.8 Å². The molecule has 0 fully saturated rings. The van der Waals surface area contributed by atoms with E-state index in [1.807, 2.05) is 0 Å². The number of carbonyl (C=O) groups excluding carboxylic acids is 2. The van der Waals surface area contributed by atoms with Crippen LogP contribution in [0.3, 0.4) is 0 Å². The fourth-order valence-electron chi connectivity index (χ4n) is 4.41. The van der Waals surface area contributed by atoms with Crippen LogP contribution in [0.25, 0.3) is 22.1 Å². The Morgan fingerprint density at radius 2 is 1.45 bits per heavy atom. The lowest BCUT2D eigenvalue weighted by Crippen LogP contribution is -2.06. The second-order valence-electron chi connectivity index (χ2n) is 7.23. The SMILES string of the molecule is CC(=O)O[C@@H]1CCn2c1nc1cc3nc4n(c3c([N+](=O)[O-])c12)CC[C@H]4OC(C)=O. The molecule has 0 saturated carbocycles. The summed E-state index contributed by atoms with van der Waals surface area (Å²) in [4.78, 5) is 43.4. The molecule has 1 aromatic carbocycles. The lowest BCUT2D eigenvalue weighted by atomic mass is 10.2. The Balaban J connectivity index is 1.75. The Kier molecular flexibility index (Phi) is 3.64. The molecule has 11 heteroatoms. The highest BCUT2D eigenvalue weighted by Gasteiger charge is 2.37. The number of hydrogen-bond acceptors (Lipinski definition) is 8. The molecule has 0 N–H and O–H groups in total. The smallest absolute Gasteiger partial charge is 0.320 e. The molecule has 2 aromatic heterocycles. The van der Waals surface area contributed by atoms with Crippen molar-refractivity contribution in [2.75, 3.05) is 0 Å². The number of non-ortho nitro benzene ring substituents is 1. The average Bonchev–Trinajstić information content (AvgIpc) is 3.35. The van der Waals surface area contributed by atoms with Crippen molar-refractivity contribution in [2.24, 2.45) is 0 Å². The first kappa shape index (κ1) is 17.6. The van der Waals surface area contributed by atoms with Crippen LogP contribution in [0.15, 0.2) is 6.07 Å². The van der Waals surface area contributed by atoms with E-state index in [4.69, 9.17) is 9.47 Å². The number of rotatable bonds is 3. The monoisotopic (exact) mass is 399 g/mol. The fraction of sp³-hybridized carbons (Fsp3) is 0.444. The molecular weight excluding hydrogens is 382 g/mol. The summed E-state index contributed by atoms with van der Waals surface area (Å²) in [5.41, 5.74) is 1.56. The van der Waals surface area contributed by atoms with Crippen LogP contribution in [0, 0.1) is 10.1 Å². The van der Waals surface area contributed by atoms with Crippen LogP contribution in [0.4, 0.5) is 5.69 Å². The largest absolute Gasteiger partial charge is 0.454 e. The number of aryl methyl sites for hydroxylation is 2. The molecule has 3 aromatic rings. The minimum Gasteiger partial charge on any atom is -0.454 e. The molecule has 0 spiro atoms. The van der Waals surface area contributed by atoms with E-state index in [0.717, 1.165) is 0 Å². The van der Waals surface area contributed by atoms with Gasteiger partial charge in [-0.3, -0.25) is 19.7 Å². The van der Waals surface area contributed by atoms with E-state index in [-0.39, 0.29) is 5.69 Å². The summed E-state index contributed by atoms with van der Waals surface area (Å²) in [6.45, 7) is 3.58. The van der Waals surface area contributed by atoms with E-state index < -0.39 is 29.1 Å². The maximum Gasteiger partial charge on any atom is 0.320 e. The van der Waals surface area contributed by atoms with E-state index in [1.165, 1.54) is 13.8 Å². The molecule has 0 radical (unpaired) electrons. The van der Waals surface area contributed by atoms with Gasteiger partial charge in [0.25, 0.3) is 0 Å². The summed E-state index contributed by atoms with van der Waals surface area (Å²) in [5, 5.41) is 12.1. The lowest BCUT2D eigenvalue weighted by molar-refractivity contribution is -0.381. The summed E-state index contributed by atoms with van der Waals surface area (Å²) in [6, 6.07) is 1.70. The Morgan fingerprint density at radius 1 is 1.00 bits per heavy atom. The number of benzene rings is 1. The van der Waals surface area contributed by atoms with Gasteiger partial charge < -0.3 is 18.6 Å². The third-order valence-electron chi connectivity index (χ3n) is 5.37. The topological polar surface area (TPSA) is 131 Å². The number of aromatic nitrogens is 4. The number of ether oxygens (including phenoxy) is 2. The van der Waals surface area contributed by atoms with Gasteiger partial charge in [-0.2, -0.15) is 0 Å². The van der Waals surface area contributed by atoms with Crippen molar-refractivity contribution in [1.82, 2.24) is 19.1 Å². The number of nitrogens with zero attached hydrogens (tertiary/aromatic N) is 5. The molecule has 0 unspecified atom stereocenters. The van der Waals surface area contributed by atoms with E-state index in [2.05, 4.69) is 9.97 Å². The molecule has 5 rings (SSSR count). The van der Waals surface area contributed by atoms with E-state index >= 15 is 0 Å². The molecule has 0 aliphatic carbocycles. The van der Waals surface area contributed by atoms with Gasteiger partial charge in [0.05, 0.1) is 16.0 Å². The molecule has 0 amide bonds. The molecule has 0 saturated heterocycles. The highest BCUT2D eigenvalue weighted by Crippen LogP contribution is 2.43. The molecule has 29 heavy (non-hydrogen) atoms. The van der Waals surface area contributed by atoms with Crippen LogP contribution >= 0.6 is 0 Å². The molecule has 2 aliphatic rings. The Labute approximate surface area is 163 Å². The van der Waals surface area contributed by atoms with Crippen LogP contribution in [0.2, 0.25) is 0 Å². The number of fused-ring (bicyclic) bond motifs is 6. The zero-order valence-electron chi connectivity index (χ0n) is 15.7. The number of hydrogen-bond donors (Lipinski definition) is 0. The van der Waals surface area contributed by atoms with Gasteiger partial charge in [-0.1, -0.05) is 0 Å². The van der Waals surface area contributed by atoms with Crippen molar-refractivity contribution < 1.29 is 24.0 Å². The Morgan fingerprint density at radius 3 is 1.83 bits per heavy atom. The normalized spacial score (nSPS) is 20.1. The summed E-state index contributed by atoms with van der Waals surface area (Å²) in [6.07, 6.45) is 0.000106. The number of carbonyl (C=O) groups is 2. The Bertz CT molecular complexity index is 1140. The highest BCUT2D eigenvalue weighted by atomic mass is 16.6. The first-order chi connectivity index (χ1) is 13.8. The van der Waals surface area contributed by atoms with Crippen LogP contribution in [-0.4, -0.2) is 36.0 Å². The zero-order chi connectivity index (χ0) is 20.4. The molecule has 11 nitrogen and oxygen atoms in total. The molecule has 2 aliphatic heterocycles. The average molecular weight is 399 g/mol. The molecule has 4 heterocycles. The quantitative estimate of drug-likeness (QED) is 0.372. The van der Waals surface area contributed by atoms with E-state index in [0.29, 0.717) is 59.6 Å². The third-order valence-corrected chi connectivity index (χ3v) is 5.37. The molecular formula is C18H17N5O6. The van der Waals surface area contributed by atoms with Gasteiger partial charge in [-0.15, -0.1) is 0 Å². The maximum absolute atomic E-state index is 12.1. The second kappa shape index (κ2) is 6.00. The second-order valence-corrected chi connectivity index (χ2v) is 7.23. The van der Waals surface area contributed by atoms with Crippen LogP contribution in [0.5, 0.6) is 0 Å². The van der Waals surface area contributed by atoms with Gasteiger partial charge in [-0.25, -0.2) is 9.97 Å². The summed E-state index contributed by atoms with van der Waals surface area (Å²) >= 11 is 0. The van der Waals surface area contributed by atoms with Crippen LogP contribution in [-0.2, 0) is 32.2 Å². The minimum absolute atomic E-state index is 0.0815. The van der Waals surface area contributed by atoms with Crippen molar-refractivity contribution in [3.63, 3.8) is 0 Å². The highest BCUT2D eigenvalue weighted by molar-refractivity contribution is 6.03. The predicted molar refractivity (Wildman–Crippen MR) is 97.9 cm³/mol. The first-order valence-electron chi connectivity index (χ1n) is 9.27. The number of nitro groups is 1. The maximum atomic E-state index is 12.1. The van der Waals surface area contributed by atoms with Crippen LogP contribution < -0.4 is 0 Å². The van der Waals surface area contributed by atoms with Crippen molar-refractivity contribution in [1.29, 1.82) is 0 Å². The lowest BCUT2D eigenvalue weighted by Gasteiger charge is -2.07. The van der Waals surface area contributed by atoms with Crippen LogP contribution in [0.1, 0.15) is 50.5 Å². The van der Waals surface area contributed by atoms with Crippen molar-refractivity contribution in [3.8, 4) is 0 Å². The number of esters is 2. The zero-order valence-corrected chi connectivity index (χ0v) is 15.7. The molecule has 2 atom stereocenters. The van der Waals surface area contributed by atoms with E-state index in [1.54, 1.807) is 15.2 Å². The third kappa shape index (κ3) is 2.50. The van der Waals surface area contributed by atoms with Crippen molar-refractivity contribution >= 4 is 39.7 Å². The van der Waals surface area contributed by atoms with Gasteiger partial charge in [-0.05, 0) is 6.07 Å². The van der Waals surface area contributed by atoms with E-state index in [9.17, 15) is 19.7 Å². The summed E-state index contributed by atoms with van der Waals surface area (Å²) in [7, 11) is 0. The molecule has 150 valence electrons. The first-order valence-corrected chi connectivity index (χ1v) is 9.27. The summed E-state index contributed by atoms with van der Waals surface area (Å²) < 4.78 is 14.1. The number of nitro benzene ring substituents is 1. The minimum atomic E-state index is -0.520. The van der Waals surface area contributed by atoms with Gasteiger partial charge in [0, 0.05) is 39.8 Å². The Hall–Kier alpha value is -3.50. The number of imidazole rings is 2. The predicted octanol–water partition coefficient (Wildman–Crippen LogP) is 2.31. The van der Waals surface area contributed by atoms with Gasteiger partial charge in [0.2, 0.25) is 0 Å². The standard InChI is InChI=1S/C18H17N5O6/c1-8(24)28-12-3-5-21-14-10(19-17(12)21)7-11-15(16(14)23(26)27)22-6-4-13(18(22)20-11)29-9(2)25/h7,12-13H,3-6H2,1-2H3/t12-,13-/m1/s1. The van der Waals surface area contributed by atoms with Gasteiger partial charge in [0.1, 0.15) is 11.0 Å². The molecule has 0 bridgehead atoms. The summed E-state index contributed by atoms with van der Waals surface area (Å²) in [5.74, 6) is 0.168. The fourth-order valence-corrected chi connectivity index (χ4v) is 4.41.